The average molecular weight is 163 g/mol. The van der Waals surface area contributed by atoms with E-state index in [9.17, 15) is 0 Å². The molecule has 0 bridgehead atoms. The van der Waals surface area contributed by atoms with E-state index in [1.165, 1.54) is 6.42 Å². The summed E-state index contributed by atoms with van der Waals surface area (Å²) in [5.41, 5.74) is 0.562. The normalized spacial score (nSPS) is 46.3. The minimum atomic E-state index is 0.458. The van der Waals surface area contributed by atoms with E-state index in [2.05, 4.69) is 36.7 Å². The summed E-state index contributed by atoms with van der Waals surface area (Å²) in [6, 6.07) is 0. The highest BCUT2D eigenvalue weighted by Crippen LogP contribution is 2.61. The number of halogens is 1. The van der Waals surface area contributed by atoms with E-state index < -0.39 is 0 Å². The quantitative estimate of drug-likeness (QED) is 0.481. The zero-order valence-electron chi connectivity index (χ0n) is 5.09. The first-order valence-corrected chi connectivity index (χ1v) is 3.44. The predicted molar refractivity (Wildman–Crippen MR) is 35.7 cm³/mol. The maximum atomic E-state index is 3.61. The number of alkyl halides is 1. The largest absolute Gasteiger partial charge is 0.0850 e. The Kier molecular flexibility index (Phi) is 0.859. The van der Waals surface area contributed by atoms with Gasteiger partial charge in [-0.05, 0) is 18.8 Å². The summed E-state index contributed by atoms with van der Waals surface area (Å²) in [7, 11) is 0. The lowest BCUT2D eigenvalue weighted by Crippen LogP contribution is -1.98. The average Bonchev–Trinajstić information content (AvgIpc) is 1.63. The van der Waals surface area contributed by atoms with Gasteiger partial charge < -0.3 is 0 Å². The van der Waals surface area contributed by atoms with Crippen LogP contribution < -0.4 is 0 Å². The minimum absolute atomic E-state index is 0.458. The fourth-order valence-corrected chi connectivity index (χ4v) is 1.49. The van der Waals surface area contributed by atoms with Crippen LogP contribution in [0.15, 0.2) is 0 Å². The van der Waals surface area contributed by atoms with Crippen molar-refractivity contribution in [1.29, 1.82) is 0 Å². The molecule has 1 heteroatoms. The zero-order valence-corrected chi connectivity index (χ0v) is 6.67. The molecule has 42 valence electrons. The van der Waals surface area contributed by atoms with Crippen LogP contribution in [0.2, 0.25) is 0 Å². The van der Waals surface area contributed by atoms with Crippen LogP contribution in [0.5, 0.6) is 0 Å². The lowest BCUT2D eigenvalue weighted by Gasteiger charge is -2.02. The van der Waals surface area contributed by atoms with Crippen LogP contribution in [0.25, 0.3) is 0 Å². The third kappa shape index (κ3) is 0.716. The Hall–Kier alpha value is 0.480. The van der Waals surface area contributed by atoms with Gasteiger partial charge in [-0.3, -0.25) is 0 Å². The van der Waals surface area contributed by atoms with E-state index in [-0.39, 0.29) is 0 Å². The van der Waals surface area contributed by atoms with Crippen molar-refractivity contribution >= 4 is 15.9 Å². The number of rotatable bonds is 0. The maximum Gasteiger partial charge on any atom is 0.0286 e. The van der Waals surface area contributed by atoms with E-state index in [4.69, 9.17) is 0 Å². The highest BCUT2D eigenvalue weighted by Gasteiger charge is 2.55. The summed E-state index contributed by atoms with van der Waals surface area (Å²) in [6.07, 6.45) is 1.32. The van der Waals surface area contributed by atoms with Crippen LogP contribution in [0.3, 0.4) is 0 Å². The first-order valence-electron chi connectivity index (χ1n) is 2.65. The topological polar surface area (TPSA) is 0 Å². The van der Waals surface area contributed by atoms with Crippen molar-refractivity contribution in [3.05, 3.63) is 0 Å². The van der Waals surface area contributed by atoms with Crippen LogP contribution in [-0.2, 0) is 0 Å². The second-order valence-corrected chi connectivity index (χ2v) is 5.01. The van der Waals surface area contributed by atoms with Crippen LogP contribution in [0, 0.1) is 5.41 Å². The summed E-state index contributed by atoms with van der Waals surface area (Å²) in [5.74, 6) is 0. The molecule has 0 nitrogen and oxygen atoms in total. The second-order valence-electron chi connectivity index (χ2n) is 3.26. The van der Waals surface area contributed by atoms with Crippen LogP contribution in [0.4, 0.5) is 0 Å². The molecular weight excluding hydrogens is 152 g/mol. The summed E-state index contributed by atoms with van der Waals surface area (Å²) < 4.78 is 0.458. The second kappa shape index (κ2) is 1.07. The molecule has 0 heterocycles. The standard InChI is InChI=1S/C6H11Br/c1-5(2)4-6(5,3)7/h4H2,1-3H3. The van der Waals surface area contributed by atoms with Crippen molar-refractivity contribution in [3.63, 3.8) is 0 Å². The molecule has 0 N–H and O–H groups in total. The minimum Gasteiger partial charge on any atom is -0.0850 e. The Morgan fingerprint density at radius 1 is 1.29 bits per heavy atom. The van der Waals surface area contributed by atoms with Crippen molar-refractivity contribution in [3.8, 4) is 0 Å². The Bertz CT molecular complexity index is 80.4. The molecule has 0 aromatic rings. The summed E-state index contributed by atoms with van der Waals surface area (Å²) in [5, 5.41) is 0. The van der Waals surface area contributed by atoms with E-state index in [1.807, 2.05) is 0 Å². The van der Waals surface area contributed by atoms with E-state index in [0.29, 0.717) is 9.74 Å². The Morgan fingerprint density at radius 2 is 1.43 bits per heavy atom. The predicted octanol–water partition coefficient (Wildman–Crippen LogP) is 2.57. The van der Waals surface area contributed by atoms with E-state index in [0.717, 1.165) is 0 Å². The molecule has 1 fully saturated rings. The van der Waals surface area contributed by atoms with Gasteiger partial charge in [0.2, 0.25) is 0 Å². The molecule has 1 unspecified atom stereocenters. The summed E-state index contributed by atoms with van der Waals surface area (Å²) in [6.45, 7) is 6.80. The maximum absolute atomic E-state index is 3.61. The molecule has 0 amide bonds. The van der Waals surface area contributed by atoms with Gasteiger partial charge in [-0.2, -0.15) is 0 Å². The van der Waals surface area contributed by atoms with Gasteiger partial charge in [-0.1, -0.05) is 29.8 Å². The molecule has 1 atom stereocenters. The molecule has 0 radical (unpaired) electrons. The fraction of sp³-hybridized carbons (Fsp3) is 1.00. The van der Waals surface area contributed by atoms with Gasteiger partial charge in [0.05, 0.1) is 0 Å². The van der Waals surface area contributed by atoms with Crippen LogP contribution in [0.1, 0.15) is 27.2 Å². The van der Waals surface area contributed by atoms with Crippen LogP contribution in [-0.4, -0.2) is 4.32 Å². The Labute approximate surface area is 53.4 Å². The summed E-state index contributed by atoms with van der Waals surface area (Å²) in [4.78, 5) is 0. The van der Waals surface area contributed by atoms with Gasteiger partial charge in [0, 0.05) is 4.32 Å². The van der Waals surface area contributed by atoms with Crippen molar-refractivity contribution in [1.82, 2.24) is 0 Å². The molecule has 0 aromatic carbocycles. The highest BCUT2D eigenvalue weighted by molar-refractivity contribution is 9.10. The van der Waals surface area contributed by atoms with Gasteiger partial charge >= 0.3 is 0 Å². The van der Waals surface area contributed by atoms with Crippen molar-refractivity contribution in [2.45, 2.75) is 31.5 Å². The van der Waals surface area contributed by atoms with Gasteiger partial charge in [0.1, 0.15) is 0 Å². The van der Waals surface area contributed by atoms with Gasteiger partial charge in [-0.15, -0.1) is 0 Å². The molecule has 7 heavy (non-hydrogen) atoms. The molecule has 1 aliphatic rings. The molecule has 1 aliphatic carbocycles. The lowest BCUT2D eigenvalue weighted by molar-refractivity contribution is 0.612. The molecule has 0 aliphatic heterocycles. The van der Waals surface area contributed by atoms with Crippen molar-refractivity contribution < 1.29 is 0 Å². The third-order valence-corrected chi connectivity index (χ3v) is 3.41. The van der Waals surface area contributed by atoms with Gasteiger partial charge in [0.15, 0.2) is 0 Å². The first-order chi connectivity index (χ1) is 2.96. The van der Waals surface area contributed by atoms with Gasteiger partial charge in [-0.25, -0.2) is 0 Å². The third-order valence-electron chi connectivity index (χ3n) is 2.06. The van der Waals surface area contributed by atoms with Gasteiger partial charge in [0.25, 0.3) is 0 Å². The molecule has 0 aromatic heterocycles. The first kappa shape index (κ1) is 5.61. The monoisotopic (exact) mass is 162 g/mol. The molecule has 1 rings (SSSR count). The van der Waals surface area contributed by atoms with E-state index in [1.54, 1.807) is 0 Å². The fourth-order valence-electron chi connectivity index (χ4n) is 0.786. The zero-order chi connectivity index (χ0) is 5.71. The smallest absolute Gasteiger partial charge is 0.0286 e. The number of hydrogen-bond donors (Lipinski definition) is 0. The molecular formula is C6H11Br. The van der Waals surface area contributed by atoms with E-state index >= 15 is 0 Å². The summed E-state index contributed by atoms with van der Waals surface area (Å²) >= 11 is 3.61. The Balaban J connectivity index is 2.59. The Morgan fingerprint density at radius 3 is 1.43 bits per heavy atom. The van der Waals surface area contributed by atoms with Crippen molar-refractivity contribution in [2.75, 3.05) is 0 Å². The molecule has 0 saturated heterocycles. The number of hydrogen-bond acceptors (Lipinski definition) is 0. The highest BCUT2D eigenvalue weighted by atomic mass is 79.9. The lowest BCUT2D eigenvalue weighted by atomic mass is 10.1. The SMILES string of the molecule is CC1(C)CC1(C)Br. The molecule has 1 saturated carbocycles. The molecule has 0 spiro atoms. The van der Waals surface area contributed by atoms with Crippen molar-refractivity contribution in [2.24, 2.45) is 5.41 Å². The van der Waals surface area contributed by atoms with Crippen LogP contribution >= 0.6 is 15.9 Å².